The maximum Gasteiger partial charge on any atom is 0.0564 e. The molecular weight excluding hydrogens is 194 g/mol. The van der Waals surface area contributed by atoms with Gasteiger partial charge >= 0.3 is 0 Å². The summed E-state index contributed by atoms with van der Waals surface area (Å²) >= 11 is 0. The highest BCUT2D eigenvalue weighted by Gasteiger charge is 2.25. The van der Waals surface area contributed by atoms with Crippen LogP contribution >= 0.6 is 0 Å². The number of nitrogens with zero attached hydrogens (tertiary/aromatic N) is 1. The Labute approximate surface area is 102 Å². The van der Waals surface area contributed by atoms with Crippen molar-refractivity contribution in [3.05, 3.63) is 11.6 Å². The summed E-state index contributed by atoms with van der Waals surface area (Å²) in [5.41, 5.74) is 1.60. The third-order valence-electron chi connectivity index (χ3n) is 3.13. The Morgan fingerprint density at radius 1 is 1.25 bits per heavy atom. The summed E-state index contributed by atoms with van der Waals surface area (Å²) in [6, 6.07) is 0.549. The summed E-state index contributed by atoms with van der Waals surface area (Å²) in [4.78, 5) is 4.60. The molecule has 1 aliphatic rings. The van der Waals surface area contributed by atoms with Crippen LogP contribution in [0.3, 0.4) is 0 Å². The molecule has 1 heterocycles. The molecule has 0 fully saturated rings. The van der Waals surface area contributed by atoms with E-state index in [1.165, 1.54) is 19.3 Å². The van der Waals surface area contributed by atoms with Crippen molar-refractivity contribution in [3.63, 3.8) is 0 Å². The van der Waals surface area contributed by atoms with Crippen LogP contribution in [0.25, 0.3) is 0 Å². The van der Waals surface area contributed by atoms with Crippen molar-refractivity contribution < 1.29 is 0 Å². The average Bonchev–Trinajstić information content (AvgIpc) is 2.31. The van der Waals surface area contributed by atoms with Crippen LogP contribution in [-0.4, -0.2) is 12.3 Å². The molecule has 0 saturated carbocycles. The van der Waals surface area contributed by atoms with Gasteiger partial charge in [-0.15, -0.1) is 0 Å². The van der Waals surface area contributed by atoms with Gasteiger partial charge in [0.25, 0.3) is 0 Å². The van der Waals surface area contributed by atoms with E-state index in [4.69, 9.17) is 0 Å². The summed E-state index contributed by atoms with van der Waals surface area (Å²) in [6.45, 7) is 13.1. The van der Waals surface area contributed by atoms with E-state index >= 15 is 0 Å². The highest BCUT2D eigenvalue weighted by Crippen LogP contribution is 2.31. The van der Waals surface area contributed by atoms with Crippen LogP contribution in [0.4, 0.5) is 0 Å². The molecule has 0 aromatic heterocycles. The maximum absolute atomic E-state index is 4.60. The molecule has 1 nitrogen and oxygen atoms in total. The molecule has 1 heteroatoms. The lowest BCUT2D eigenvalue weighted by Crippen LogP contribution is -2.25. The van der Waals surface area contributed by atoms with Crippen LogP contribution in [0.1, 0.15) is 60.8 Å². The first kappa shape index (κ1) is 15.4. The molecule has 1 aliphatic heterocycles. The molecule has 0 spiro atoms. The lowest BCUT2D eigenvalue weighted by atomic mass is 9.80. The van der Waals surface area contributed by atoms with E-state index in [0.717, 1.165) is 0 Å². The fraction of sp³-hybridized carbons (Fsp3) is 0.800. The number of allylic oxidation sites excluding steroid dienone is 1. The second kappa shape index (κ2) is 8.55. The molecule has 0 aliphatic carbocycles. The van der Waals surface area contributed by atoms with Gasteiger partial charge in [-0.3, -0.25) is 4.99 Å². The first-order chi connectivity index (χ1) is 7.70. The van der Waals surface area contributed by atoms with Gasteiger partial charge in [-0.1, -0.05) is 53.5 Å². The molecule has 94 valence electrons. The molecule has 2 unspecified atom stereocenters. The smallest absolute Gasteiger partial charge is 0.0564 e. The van der Waals surface area contributed by atoms with Crippen molar-refractivity contribution in [1.82, 2.24) is 0 Å². The Balaban J connectivity index is 0.00000106. The fourth-order valence-corrected chi connectivity index (χ4v) is 2.39. The zero-order chi connectivity index (χ0) is 12.6. The SMILES string of the molecule is CC.CCCC1N=CC=C(C(C)C)C1CC. The maximum atomic E-state index is 4.60. The van der Waals surface area contributed by atoms with Crippen LogP contribution in [0, 0.1) is 11.8 Å². The van der Waals surface area contributed by atoms with Crippen LogP contribution < -0.4 is 0 Å². The van der Waals surface area contributed by atoms with Crippen LogP contribution in [0.15, 0.2) is 16.6 Å². The third-order valence-corrected chi connectivity index (χ3v) is 3.13. The highest BCUT2D eigenvalue weighted by atomic mass is 14.8. The topological polar surface area (TPSA) is 12.4 Å². The molecule has 1 rings (SSSR count). The van der Waals surface area contributed by atoms with Crippen LogP contribution in [0.5, 0.6) is 0 Å². The zero-order valence-electron chi connectivity index (χ0n) is 12.0. The first-order valence-corrected chi connectivity index (χ1v) is 6.93. The average molecular weight is 223 g/mol. The van der Waals surface area contributed by atoms with Gasteiger partial charge in [0.05, 0.1) is 6.04 Å². The van der Waals surface area contributed by atoms with Gasteiger partial charge in [-0.2, -0.15) is 0 Å². The monoisotopic (exact) mass is 223 g/mol. The van der Waals surface area contributed by atoms with Gasteiger partial charge in [-0.05, 0) is 24.8 Å². The zero-order valence-corrected chi connectivity index (χ0v) is 12.0. The molecule has 0 saturated heterocycles. The third kappa shape index (κ3) is 4.11. The summed E-state index contributed by atoms with van der Waals surface area (Å²) in [5, 5.41) is 0. The largest absolute Gasteiger partial charge is 0.289 e. The molecule has 0 amide bonds. The van der Waals surface area contributed by atoms with E-state index < -0.39 is 0 Å². The quantitative estimate of drug-likeness (QED) is 0.644. The van der Waals surface area contributed by atoms with Gasteiger partial charge in [0.2, 0.25) is 0 Å². The molecule has 0 N–H and O–H groups in total. The molecule has 0 aromatic carbocycles. The van der Waals surface area contributed by atoms with E-state index in [0.29, 0.717) is 17.9 Å². The van der Waals surface area contributed by atoms with Crippen molar-refractivity contribution in [1.29, 1.82) is 0 Å². The Morgan fingerprint density at radius 2 is 1.88 bits per heavy atom. The van der Waals surface area contributed by atoms with Gasteiger partial charge in [-0.25, -0.2) is 0 Å². The summed E-state index contributed by atoms with van der Waals surface area (Å²) in [7, 11) is 0. The molecular formula is C15H29N. The second-order valence-electron chi connectivity index (χ2n) is 4.49. The van der Waals surface area contributed by atoms with E-state index in [1.807, 2.05) is 20.1 Å². The minimum absolute atomic E-state index is 0.549. The van der Waals surface area contributed by atoms with Gasteiger partial charge in [0.15, 0.2) is 0 Å². The number of dihydropyridines is 1. The van der Waals surface area contributed by atoms with Gasteiger partial charge in [0, 0.05) is 12.1 Å². The van der Waals surface area contributed by atoms with E-state index in [2.05, 4.69) is 38.8 Å². The Hall–Kier alpha value is -0.590. The predicted molar refractivity (Wildman–Crippen MR) is 75.2 cm³/mol. The number of hydrogen-bond donors (Lipinski definition) is 0. The summed E-state index contributed by atoms with van der Waals surface area (Å²) < 4.78 is 0. The highest BCUT2D eigenvalue weighted by molar-refractivity contribution is 5.74. The molecule has 0 aromatic rings. The Bertz CT molecular complexity index is 226. The van der Waals surface area contributed by atoms with Crippen molar-refractivity contribution in [3.8, 4) is 0 Å². The van der Waals surface area contributed by atoms with Crippen molar-refractivity contribution in [2.75, 3.05) is 0 Å². The van der Waals surface area contributed by atoms with E-state index in [-0.39, 0.29) is 0 Å². The van der Waals surface area contributed by atoms with E-state index in [1.54, 1.807) is 5.57 Å². The summed E-state index contributed by atoms with van der Waals surface area (Å²) in [6.07, 6.45) is 7.95. The second-order valence-corrected chi connectivity index (χ2v) is 4.49. The predicted octanol–water partition coefficient (Wildman–Crippen LogP) is 4.87. The van der Waals surface area contributed by atoms with Crippen LogP contribution in [-0.2, 0) is 0 Å². The Kier molecular flexibility index (Phi) is 8.23. The normalized spacial score (nSPS) is 23.8. The summed E-state index contributed by atoms with van der Waals surface area (Å²) in [5.74, 6) is 1.37. The lowest BCUT2D eigenvalue weighted by Gasteiger charge is -2.30. The standard InChI is InChI=1S/C13H23N.C2H6/c1-5-7-13-11(6-2)12(10(3)4)8-9-14-13;1-2/h8-11,13H,5-7H2,1-4H3;1-2H3. The minimum atomic E-state index is 0.549. The number of rotatable bonds is 4. The van der Waals surface area contributed by atoms with Crippen molar-refractivity contribution in [2.45, 2.75) is 66.8 Å². The molecule has 0 radical (unpaired) electrons. The van der Waals surface area contributed by atoms with E-state index in [9.17, 15) is 0 Å². The number of aliphatic imine (C=N–C) groups is 1. The molecule has 16 heavy (non-hydrogen) atoms. The lowest BCUT2D eigenvalue weighted by molar-refractivity contribution is 0.408. The minimum Gasteiger partial charge on any atom is -0.289 e. The molecule has 0 bridgehead atoms. The van der Waals surface area contributed by atoms with Crippen molar-refractivity contribution >= 4 is 6.21 Å². The first-order valence-electron chi connectivity index (χ1n) is 6.93. The van der Waals surface area contributed by atoms with Gasteiger partial charge in [0.1, 0.15) is 0 Å². The Morgan fingerprint density at radius 3 is 2.31 bits per heavy atom. The number of hydrogen-bond acceptors (Lipinski definition) is 1. The molecule has 2 atom stereocenters. The van der Waals surface area contributed by atoms with Gasteiger partial charge < -0.3 is 0 Å². The fourth-order valence-electron chi connectivity index (χ4n) is 2.39. The van der Waals surface area contributed by atoms with Crippen LogP contribution in [0.2, 0.25) is 0 Å². The van der Waals surface area contributed by atoms with Crippen molar-refractivity contribution in [2.24, 2.45) is 16.8 Å².